The van der Waals surface area contributed by atoms with E-state index in [1.54, 1.807) is 12.1 Å². The molecule has 1 aromatic carbocycles. The van der Waals surface area contributed by atoms with Gasteiger partial charge in [0, 0.05) is 50.0 Å². The number of nitrogens with one attached hydrogen (secondary N) is 1. The minimum Gasteiger partial charge on any atom is -0.447 e. The smallest absolute Gasteiger partial charge is 0.277 e. The van der Waals surface area contributed by atoms with Crippen molar-refractivity contribution in [3.8, 4) is 0 Å². The summed E-state index contributed by atoms with van der Waals surface area (Å²) >= 11 is 6.10. The van der Waals surface area contributed by atoms with Crippen LogP contribution in [0.3, 0.4) is 0 Å². The van der Waals surface area contributed by atoms with Crippen LogP contribution in [0.1, 0.15) is 28.9 Å². The number of nitrogens with zero attached hydrogens (tertiary/aromatic N) is 3. The fourth-order valence-corrected chi connectivity index (χ4v) is 3.46. The number of hydrogen-bond donors (Lipinski definition) is 2. The van der Waals surface area contributed by atoms with Crippen molar-refractivity contribution in [1.29, 1.82) is 0 Å². The van der Waals surface area contributed by atoms with E-state index in [1.807, 2.05) is 19.9 Å². The Hall–Kier alpha value is -1.97. The molecule has 1 amide bonds. The van der Waals surface area contributed by atoms with E-state index in [0.717, 1.165) is 31.7 Å². The molecule has 1 aliphatic heterocycles. The van der Waals surface area contributed by atoms with Gasteiger partial charge in [0.05, 0.1) is 19.3 Å². The molecule has 164 valence electrons. The SMILES string of the molecule is CCOC[C@@H](O)CN1CCN(Cc2nc(C(=O)Nc3ccc(C)c(Cl)c3)co2)CC1. The highest BCUT2D eigenvalue weighted by Crippen LogP contribution is 2.20. The Bertz CT molecular complexity index is 836. The van der Waals surface area contributed by atoms with Gasteiger partial charge in [0.1, 0.15) is 6.26 Å². The molecule has 1 fully saturated rings. The van der Waals surface area contributed by atoms with Crippen LogP contribution >= 0.6 is 11.6 Å². The number of aromatic nitrogens is 1. The second-order valence-corrected chi connectivity index (χ2v) is 7.84. The molecule has 0 saturated carbocycles. The Morgan fingerprint density at radius 3 is 2.77 bits per heavy atom. The summed E-state index contributed by atoms with van der Waals surface area (Å²) in [6, 6.07) is 5.35. The molecular formula is C21H29ClN4O4. The zero-order chi connectivity index (χ0) is 21.5. The Balaban J connectivity index is 1.45. The molecular weight excluding hydrogens is 408 g/mol. The highest BCUT2D eigenvalue weighted by molar-refractivity contribution is 6.31. The van der Waals surface area contributed by atoms with Crippen molar-refractivity contribution in [2.45, 2.75) is 26.5 Å². The highest BCUT2D eigenvalue weighted by atomic mass is 35.5. The van der Waals surface area contributed by atoms with Gasteiger partial charge in [-0.05, 0) is 31.5 Å². The Kier molecular flexibility index (Phi) is 8.24. The number of halogens is 1. The normalized spacial score (nSPS) is 16.5. The number of piperazine rings is 1. The number of β-amino-alcohol motifs (C(OH)–C–C–N with tert-alkyl or cyclic N) is 1. The van der Waals surface area contributed by atoms with Crippen molar-refractivity contribution in [2.75, 3.05) is 51.3 Å². The zero-order valence-electron chi connectivity index (χ0n) is 17.4. The number of anilines is 1. The third-order valence-corrected chi connectivity index (χ3v) is 5.43. The quantitative estimate of drug-likeness (QED) is 0.623. The fourth-order valence-electron chi connectivity index (χ4n) is 3.28. The van der Waals surface area contributed by atoms with Crippen LogP contribution in [0.2, 0.25) is 5.02 Å². The van der Waals surface area contributed by atoms with E-state index in [1.165, 1.54) is 6.26 Å². The van der Waals surface area contributed by atoms with Crippen molar-refractivity contribution < 1.29 is 19.1 Å². The summed E-state index contributed by atoms with van der Waals surface area (Å²) in [5, 5.41) is 13.3. The van der Waals surface area contributed by atoms with Crippen LogP contribution < -0.4 is 5.32 Å². The van der Waals surface area contributed by atoms with Crippen molar-refractivity contribution >= 4 is 23.2 Å². The van der Waals surface area contributed by atoms with Gasteiger partial charge in [0.2, 0.25) is 5.89 Å². The second-order valence-electron chi connectivity index (χ2n) is 7.43. The van der Waals surface area contributed by atoms with Crippen LogP contribution in [0.25, 0.3) is 0 Å². The lowest BCUT2D eigenvalue weighted by atomic mass is 10.2. The largest absolute Gasteiger partial charge is 0.447 e. The van der Waals surface area contributed by atoms with Crippen molar-refractivity contribution in [3.05, 3.63) is 46.6 Å². The summed E-state index contributed by atoms with van der Waals surface area (Å²) in [7, 11) is 0. The first-order valence-corrected chi connectivity index (χ1v) is 10.5. The van der Waals surface area contributed by atoms with E-state index in [9.17, 15) is 9.90 Å². The Morgan fingerprint density at radius 1 is 1.33 bits per heavy atom. The van der Waals surface area contributed by atoms with E-state index in [2.05, 4.69) is 20.1 Å². The summed E-state index contributed by atoms with van der Waals surface area (Å²) in [6.07, 6.45) is 0.911. The number of oxazole rings is 1. The minimum atomic E-state index is -0.465. The van der Waals surface area contributed by atoms with E-state index >= 15 is 0 Å². The lowest BCUT2D eigenvalue weighted by Gasteiger charge is -2.34. The zero-order valence-corrected chi connectivity index (χ0v) is 18.2. The van der Waals surface area contributed by atoms with Gasteiger partial charge in [-0.1, -0.05) is 17.7 Å². The first kappa shape index (κ1) is 22.7. The molecule has 8 nitrogen and oxygen atoms in total. The number of hydrogen-bond acceptors (Lipinski definition) is 7. The average molecular weight is 437 g/mol. The molecule has 1 saturated heterocycles. The number of rotatable bonds is 9. The van der Waals surface area contributed by atoms with E-state index in [4.69, 9.17) is 20.8 Å². The third-order valence-electron chi connectivity index (χ3n) is 5.02. The maximum Gasteiger partial charge on any atom is 0.277 e. The first-order chi connectivity index (χ1) is 14.4. The number of amides is 1. The molecule has 0 aliphatic carbocycles. The molecule has 0 bridgehead atoms. The van der Waals surface area contributed by atoms with Gasteiger partial charge >= 0.3 is 0 Å². The van der Waals surface area contributed by atoms with E-state index in [0.29, 0.717) is 42.9 Å². The Morgan fingerprint density at radius 2 is 2.07 bits per heavy atom. The highest BCUT2D eigenvalue weighted by Gasteiger charge is 2.21. The molecule has 2 aromatic rings. The summed E-state index contributed by atoms with van der Waals surface area (Å²) in [4.78, 5) is 21.2. The summed E-state index contributed by atoms with van der Waals surface area (Å²) in [5.41, 5.74) is 1.80. The number of aliphatic hydroxyl groups excluding tert-OH is 1. The topological polar surface area (TPSA) is 91.1 Å². The third kappa shape index (κ3) is 6.52. The first-order valence-electron chi connectivity index (χ1n) is 10.2. The molecule has 2 N–H and O–H groups in total. The maximum absolute atomic E-state index is 12.4. The van der Waals surface area contributed by atoms with Gasteiger partial charge < -0.3 is 19.6 Å². The van der Waals surface area contributed by atoms with Crippen molar-refractivity contribution in [2.24, 2.45) is 0 Å². The van der Waals surface area contributed by atoms with Gasteiger partial charge in [-0.3, -0.25) is 14.6 Å². The van der Waals surface area contributed by atoms with Gasteiger partial charge in [-0.25, -0.2) is 4.98 Å². The second kappa shape index (κ2) is 10.9. The molecule has 3 rings (SSSR count). The average Bonchev–Trinajstić information content (AvgIpc) is 3.19. The van der Waals surface area contributed by atoms with Gasteiger partial charge in [-0.15, -0.1) is 0 Å². The number of carbonyl (C=O) groups excluding carboxylic acids is 1. The number of ether oxygens (including phenoxy) is 1. The molecule has 0 unspecified atom stereocenters. The van der Waals surface area contributed by atoms with Crippen LogP contribution in [0, 0.1) is 6.92 Å². The van der Waals surface area contributed by atoms with Crippen LogP contribution in [0.4, 0.5) is 5.69 Å². The van der Waals surface area contributed by atoms with E-state index in [-0.39, 0.29) is 11.6 Å². The summed E-state index contributed by atoms with van der Waals surface area (Å²) in [6.45, 7) is 9.34. The van der Waals surface area contributed by atoms with Crippen molar-refractivity contribution in [1.82, 2.24) is 14.8 Å². The predicted octanol–water partition coefficient (Wildman–Crippen LogP) is 2.40. The van der Waals surface area contributed by atoms with E-state index < -0.39 is 6.10 Å². The van der Waals surface area contributed by atoms with Gasteiger partial charge in [-0.2, -0.15) is 0 Å². The standard InChI is InChI=1S/C21H29ClN4O4/c1-3-29-13-17(27)11-25-6-8-26(9-7-25)12-20-24-19(14-30-20)21(28)23-16-5-4-15(2)18(22)10-16/h4-5,10,14,17,27H,3,6-9,11-13H2,1-2H3,(H,23,28)/t17-/m0/s1. The lowest BCUT2D eigenvalue weighted by molar-refractivity contribution is 0.00949. The minimum absolute atomic E-state index is 0.236. The molecule has 30 heavy (non-hydrogen) atoms. The monoisotopic (exact) mass is 436 g/mol. The van der Waals surface area contributed by atoms with Crippen LogP contribution in [0.5, 0.6) is 0 Å². The number of carbonyl (C=O) groups is 1. The number of aryl methyl sites for hydroxylation is 1. The molecule has 0 radical (unpaired) electrons. The molecule has 0 spiro atoms. The van der Waals surface area contributed by atoms with Crippen LogP contribution in [-0.4, -0.2) is 77.8 Å². The van der Waals surface area contributed by atoms with Gasteiger partial charge in [0.15, 0.2) is 5.69 Å². The predicted molar refractivity (Wildman–Crippen MR) is 115 cm³/mol. The Labute approximate surface area is 181 Å². The summed E-state index contributed by atoms with van der Waals surface area (Å²) in [5.74, 6) is 0.171. The van der Waals surface area contributed by atoms with Crippen LogP contribution in [0.15, 0.2) is 28.9 Å². The van der Waals surface area contributed by atoms with Gasteiger partial charge in [0.25, 0.3) is 5.91 Å². The lowest BCUT2D eigenvalue weighted by Crippen LogP contribution is -2.48. The summed E-state index contributed by atoms with van der Waals surface area (Å²) < 4.78 is 10.8. The molecule has 1 aliphatic rings. The maximum atomic E-state index is 12.4. The van der Waals surface area contributed by atoms with Crippen LogP contribution in [-0.2, 0) is 11.3 Å². The molecule has 1 atom stereocenters. The fraction of sp³-hybridized carbons (Fsp3) is 0.524. The number of benzene rings is 1. The molecule has 2 heterocycles. The molecule has 9 heteroatoms. The number of aliphatic hydroxyl groups is 1. The van der Waals surface area contributed by atoms with Crippen molar-refractivity contribution in [3.63, 3.8) is 0 Å². The molecule has 1 aromatic heterocycles.